The summed E-state index contributed by atoms with van der Waals surface area (Å²) in [7, 11) is 0. The van der Waals surface area contributed by atoms with Gasteiger partial charge >= 0.3 is 0 Å². The predicted octanol–water partition coefficient (Wildman–Crippen LogP) is 4.33. The van der Waals surface area contributed by atoms with Gasteiger partial charge in [-0.2, -0.15) is 0 Å². The van der Waals surface area contributed by atoms with Crippen LogP contribution >= 0.6 is 0 Å². The third-order valence-corrected chi connectivity index (χ3v) is 6.01. The number of rotatable bonds is 7. The maximum Gasteiger partial charge on any atom is 0.270 e. The third kappa shape index (κ3) is 4.86. The number of nitrogens with one attached hydrogen (secondary N) is 4. The van der Waals surface area contributed by atoms with Gasteiger partial charge in [-0.25, -0.2) is 4.98 Å². The average Bonchev–Trinajstić information content (AvgIpc) is 3.50. The number of aromatic amines is 1. The van der Waals surface area contributed by atoms with E-state index in [0.29, 0.717) is 52.0 Å². The van der Waals surface area contributed by atoms with E-state index in [2.05, 4.69) is 25.9 Å². The number of imidazole rings is 1. The van der Waals surface area contributed by atoms with E-state index in [0.717, 1.165) is 11.1 Å². The fraction of sp³-hybridized carbons (Fsp3) is 0.0741. The molecular formula is C27H23N7O4. The molecule has 2 heterocycles. The van der Waals surface area contributed by atoms with Crippen LogP contribution in [0.5, 0.6) is 0 Å². The van der Waals surface area contributed by atoms with E-state index in [1.165, 1.54) is 25.1 Å². The molecule has 0 spiro atoms. The molecule has 11 nitrogen and oxygen atoms in total. The zero-order valence-corrected chi connectivity index (χ0v) is 20.2. The molecule has 11 heteroatoms. The number of nitrogens with zero attached hydrogens (tertiary/aromatic N) is 2. The Balaban J connectivity index is 1.55. The normalized spacial score (nSPS) is 13.5. The van der Waals surface area contributed by atoms with Crippen LogP contribution in [0.3, 0.4) is 0 Å². The Morgan fingerprint density at radius 2 is 1.79 bits per heavy atom. The third-order valence-electron chi connectivity index (χ3n) is 6.01. The van der Waals surface area contributed by atoms with Crippen LogP contribution in [0.2, 0.25) is 0 Å². The highest BCUT2D eigenvalue weighted by molar-refractivity contribution is 6.37. The van der Waals surface area contributed by atoms with Gasteiger partial charge in [-0.05, 0) is 29.3 Å². The second-order valence-corrected chi connectivity index (χ2v) is 8.61. The Bertz CT molecular complexity index is 1590. The molecule has 0 unspecified atom stereocenters. The van der Waals surface area contributed by atoms with Gasteiger partial charge in [0.25, 0.3) is 11.6 Å². The number of anilines is 3. The van der Waals surface area contributed by atoms with E-state index < -0.39 is 4.92 Å². The molecule has 0 atom stereocenters. The molecule has 0 fully saturated rings. The van der Waals surface area contributed by atoms with Crippen molar-refractivity contribution in [1.82, 2.24) is 9.97 Å². The Labute approximate surface area is 216 Å². The number of hydrogen-bond acceptors (Lipinski definition) is 7. The van der Waals surface area contributed by atoms with Crippen LogP contribution in [0.15, 0.2) is 72.9 Å². The van der Waals surface area contributed by atoms with E-state index in [-0.39, 0.29) is 17.5 Å². The molecule has 0 aliphatic carbocycles. The van der Waals surface area contributed by atoms with E-state index >= 15 is 0 Å². The Morgan fingerprint density at radius 1 is 1.05 bits per heavy atom. The van der Waals surface area contributed by atoms with Gasteiger partial charge in [-0.1, -0.05) is 36.4 Å². The summed E-state index contributed by atoms with van der Waals surface area (Å²) in [5, 5.41) is 20.2. The van der Waals surface area contributed by atoms with Gasteiger partial charge in [0.1, 0.15) is 0 Å². The van der Waals surface area contributed by atoms with Crippen molar-refractivity contribution in [3.05, 3.63) is 99.7 Å². The Kier molecular flexibility index (Phi) is 6.42. The van der Waals surface area contributed by atoms with Crippen molar-refractivity contribution in [3.63, 3.8) is 0 Å². The summed E-state index contributed by atoms with van der Waals surface area (Å²) >= 11 is 0. The molecule has 0 saturated carbocycles. The first-order valence-corrected chi connectivity index (χ1v) is 11.7. The van der Waals surface area contributed by atoms with E-state index in [1.54, 1.807) is 6.20 Å². The molecule has 1 aromatic heterocycles. The smallest absolute Gasteiger partial charge is 0.270 e. The summed E-state index contributed by atoms with van der Waals surface area (Å²) in [4.78, 5) is 42.6. The quantitative estimate of drug-likeness (QED) is 0.140. The van der Waals surface area contributed by atoms with Gasteiger partial charge in [0.2, 0.25) is 11.9 Å². The summed E-state index contributed by atoms with van der Waals surface area (Å²) in [5.41, 5.74) is 11.1. The lowest BCUT2D eigenvalue weighted by Gasteiger charge is -2.15. The van der Waals surface area contributed by atoms with Crippen LogP contribution in [-0.2, 0) is 16.1 Å². The summed E-state index contributed by atoms with van der Waals surface area (Å²) in [6.07, 6.45) is 1.69. The van der Waals surface area contributed by atoms with E-state index in [1.807, 2.05) is 48.5 Å². The maximum atomic E-state index is 13.1. The van der Waals surface area contributed by atoms with Gasteiger partial charge in [-0.15, -0.1) is 0 Å². The highest BCUT2D eigenvalue weighted by Crippen LogP contribution is 2.39. The standard InChI is InChI=1S/C27H23N7O4/c1-15(35)30-27-29-14-23(33-27)17-6-8-19(9-7-17)31-25(18-4-2-16(13-28)3-5-18)24-21-12-20(34(37)38)10-11-22(21)32-26(24)36/h2-12,14,31H,13,28H2,1H3,(H,32,36)(H2,29,30,33,35)/b25-24-. The van der Waals surface area contributed by atoms with Crippen molar-refractivity contribution in [2.75, 3.05) is 16.0 Å². The van der Waals surface area contributed by atoms with Crippen LogP contribution in [0, 0.1) is 10.1 Å². The fourth-order valence-electron chi connectivity index (χ4n) is 4.17. The first-order chi connectivity index (χ1) is 18.3. The second kappa shape index (κ2) is 9.99. The zero-order valence-electron chi connectivity index (χ0n) is 20.2. The lowest BCUT2D eigenvalue weighted by Crippen LogP contribution is -2.10. The van der Waals surface area contributed by atoms with Crippen LogP contribution in [0.25, 0.3) is 22.5 Å². The largest absolute Gasteiger partial charge is 0.354 e. The van der Waals surface area contributed by atoms with Gasteiger partial charge in [-0.3, -0.25) is 25.0 Å². The number of carbonyl (C=O) groups is 2. The molecule has 4 aromatic rings. The number of H-pyrrole nitrogens is 1. The molecular weight excluding hydrogens is 486 g/mol. The monoisotopic (exact) mass is 509 g/mol. The second-order valence-electron chi connectivity index (χ2n) is 8.61. The number of nitro groups is 1. The summed E-state index contributed by atoms with van der Waals surface area (Å²) < 4.78 is 0. The number of carbonyl (C=O) groups excluding carboxylic acids is 2. The summed E-state index contributed by atoms with van der Waals surface area (Å²) in [5.74, 6) is -0.249. The fourth-order valence-corrected chi connectivity index (χ4v) is 4.17. The number of nitro benzene ring substituents is 1. The minimum atomic E-state index is -0.491. The number of amides is 2. The average molecular weight is 510 g/mol. The first kappa shape index (κ1) is 24.4. The molecule has 5 rings (SSSR count). The molecule has 38 heavy (non-hydrogen) atoms. The zero-order chi connectivity index (χ0) is 26.8. The van der Waals surface area contributed by atoms with E-state index in [9.17, 15) is 19.7 Å². The van der Waals surface area contributed by atoms with Crippen molar-refractivity contribution in [2.24, 2.45) is 5.73 Å². The van der Waals surface area contributed by atoms with Crippen molar-refractivity contribution in [3.8, 4) is 11.3 Å². The maximum absolute atomic E-state index is 13.1. The van der Waals surface area contributed by atoms with Gasteiger partial charge in [0.15, 0.2) is 0 Å². The van der Waals surface area contributed by atoms with Gasteiger partial charge in [0, 0.05) is 54.3 Å². The van der Waals surface area contributed by atoms with Crippen molar-refractivity contribution < 1.29 is 14.5 Å². The number of fused-ring (bicyclic) bond motifs is 1. The number of nitrogens with two attached hydrogens (primary N) is 1. The molecule has 0 bridgehead atoms. The molecule has 2 amide bonds. The molecule has 0 radical (unpaired) electrons. The molecule has 190 valence electrons. The van der Waals surface area contributed by atoms with Crippen LogP contribution in [0.4, 0.5) is 23.0 Å². The Hall–Kier alpha value is -5.29. The molecule has 1 aliphatic heterocycles. The molecule has 3 aromatic carbocycles. The predicted molar refractivity (Wildman–Crippen MR) is 145 cm³/mol. The van der Waals surface area contributed by atoms with Crippen LogP contribution in [-0.4, -0.2) is 26.7 Å². The highest BCUT2D eigenvalue weighted by Gasteiger charge is 2.30. The van der Waals surface area contributed by atoms with Crippen molar-refractivity contribution in [2.45, 2.75) is 13.5 Å². The number of aromatic nitrogens is 2. The first-order valence-electron chi connectivity index (χ1n) is 11.7. The van der Waals surface area contributed by atoms with Crippen molar-refractivity contribution >= 4 is 46.1 Å². The Morgan fingerprint density at radius 3 is 2.45 bits per heavy atom. The lowest BCUT2D eigenvalue weighted by molar-refractivity contribution is -0.384. The molecule has 6 N–H and O–H groups in total. The highest BCUT2D eigenvalue weighted by atomic mass is 16.6. The summed E-state index contributed by atoms with van der Waals surface area (Å²) in [6.45, 7) is 1.77. The lowest BCUT2D eigenvalue weighted by atomic mass is 9.98. The number of hydrogen-bond donors (Lipinski definition) is 5. The van der Waals surface area contributed by atoms with Gasteiger partial charge in [0.05, 0.1) is 21.9 Å². The topological polar surface area (TPSA) is 168 Å². The number of benzene rings is 3. The molecule has 1 aliphatic rings. The van der Waals surface area contributed by atoms with Crippen LogP contribution < -0.4 is 21.7 Å². The minimum absolute atomic E-state index is 0.113. The number of non-ortho nitro benzene ring substituents is 1. The summed E-state index contributed by atoms with van der Waals surface area (Å²) in [6, 6.07) is 19.1. The SMILES string of the molecule is CC(=O)Nc1nc(-c2ccc(N/C(=C3\C(=O)Nc4ccc([N+](=O)[O-])cc43)c3ccc(CN)cc3)cc2)c[nH]1. The van der Waals surface area contributed by atoms with Crippen molar-refractivity contribution in [1.29, 1.82) is 0 Å². The van der Waals surface area contributed by atoms with Gasteiger partial charge < -0.3 is 21.4 Å². The molecule has 0 saturated heterocycles. The minimum Gasteiger partial charge on any atom is -0.354 e. The van der Waals surface area contributed by atoms with Crippen LogP contribution in [0.1, 0.15) is 23.6 Å². The van der Waals surface area contributed by atoms with E-state index in [4.69, 9.17) is 5.73 Å².